The van der Waals surface area contributed by atoms with E-state index in [0.717, 1.165) is 71.9 Å². The second-order valence-electron chi connectivity index (χ2n) is 15.9. The zero-order chi connectivity index (χ0) is 40.5. The largest absolute Gasteiger partial charge is 0.459 e. The first-order valence-corrected chi connectivity index (χ1v) is 21.3. The van der Waals surface area contributed by atoms with Crippen molar-refractivity contribution in [2.24, 2.45) is 28.8 Å². The maximum Gasteiger partial charge on any atom is 0.239 e. The first-order valence-electron chi connectivity index (χ1n) is 21.3. The Hall–Kier alpha value is -4.26. The molecule has 3 N–H and O–H groups in total. The quantitative estimate of drug-likeness (QED) is 0.0535. The molecular weight excluding hydrogens is 737 g/mol. The Morgan fingerprint density at radius 2 is 1.71 bits per heavy atom. The van der Waals surface area contributed by atoms with Crippen molar-refractivity contribution < 1.29 is 43.9 Å². The smallest absolute Gasteiger partial charge is 0.239 e. The monoisotopic (exact) mass is 796 g/mol. The fraction of sp³-hybridized carbons (Fsp3) is 0.532. The van der Waals surface area contributed by atoms with Crippen molar-refractivity contribution in [3.63, 3.8) is 0 Å². The topological polar surface area (TPSA) is 140 Å². The van der Waals surface area contributed by atoms with Gasteiger partial charge in [-0.25, -0.2) is 0 Å². The zero-order valence-corrected chi connectivity index (χ0v) is 33.8. The summed E-state index contributed by atoms with van der Waals surface area (Å²) in [6, 6.07) is 19.7. The molecule has 11 nitrogen and oxygen atoms in total. The number of aliphatic hydroxyl groups is 3. The van der Waals surface area contributed by atoms with Crippen LogP contribution >= 0.6 is 0 Å². The van der Waals surface area contributed by atoms with Crippen LogP contribution in [0.1, 0.15) is 76.2 Å². The Morgan fingerprint density at radius 3 is 2.45 bits per heavy atom. The maximum absolute atomic E-state index is 14.5. The van der Waals surface area contributed by atoms with Crippen molar-refractivity contribution in [3.05, 3.63) is 90.5 Å². The number of hydrogen-bond donors (Lipinski definition) is 3. The number of benzene rings is 3. The Kier molecular flexibility index (Phi) is 14.2. The minimum atomic E-state index is -1.34. The van der Waals surface area contributed by atoms with Crippen LogP contribution in [0.15, 0.2) is 90.1 Å². The molecule has 4 aliphatic rings. The Balaban J connectivity index is 1.41. The second kappa shape index (κ2) is 19.7. The molecule has 11 heteroatoms. The van der Waals surface area contributed by atoms with Crippen LogP contribution in [0.4, 0.5) is 0 Å². The molecule has 1 aliphatic heterocycles. The third kappa shape index (κ3) is 8.99. The summed E-state index contributed by atoms with van der Waals surface area (Å²) in [7, 11) is 0. The van der Waals surface area contributed by atoms with Crippen molar-refractivity contribution in [3.8, 4) is 17.2 Å². The van der Waals surface area contributed by atoms with E-state index in [1.165, 1.54) is 0 Å². The first kappa shape index (κ1) is 41.9. The van der Waals surface area contributed by atoms with Crippen LogP contribution in [0.3, 0.4) is 0 Å². The standard InChI is InChI=1S/C47H60N2O9/c1-3-25-55-47-43(49(21-26-54-27-24-52)46(53)33-15-16-33)31-41(48-56-4-2)39-29-35(13-7-9-22-50)38(14-8-10-23-51)44(45(39)47)40-30-37(19-20-42(40)58-47)57-36-18-17-32-11-5-6-12-34(32)28-36/h3,5-6,11-12,17-20,28-30,33,35,38,43-45,50-52H,1,4,7-10,13-16,21-27,31H2,2H3. The first-order chi connectivity index (χ1) is 28.5. The van der Waals surface area contributed by atoms with Crippen LogP contribution in [-0.2, 0) is 19.1 Å². The average molecular weight is 797 g/mol. The van der Waals surface area contributed by atoms with Crippen molar-refractivity contribution in [2.75, 3.05) is 52.8 Å². The molecule has 0 spiro atoms. The number of carbonyl (C=O) groups excluding carboxylic acids is 1. The van der Waals surface area contributed by atoms with Crippen LogP contribution in [0.25, 0.3) is 10.8 Å². The molecule has 3 aliphatic carbocycles. The number of hydrogen-bond acceptors (Lipinski definition) is 10. The molecule has 6 atom stereocenters. The number of rotatable bonds is 22. The van der Waals surface area contributed by atoms with Crippen molar-refractivity contribution >= 4 is 22.4 Å². The summed E-state index contributed by atoms with van der Waals surface area (Å²) in [6.07, 6.45) is 10.8. The summed E-state index contributed by atoms with van der Waals surface area (Å²) in [6.45, 7) is 7.33. The molecule has 0 radical (unpaired) electrons. The summed E-state index contributed by atoms with van der Waals surface area (Å²) in [5.41, 5.74) is 2.75. The van der Waals surface area contributed by atoms with Gasteiger partial charge in [-0.3, -0.25) is 4.79 Å². The van der Waals surface area contributed by atoms with E-state index in [1.54, 1.807) is 6.08 Å². The lowest BCUT2D eigenvalue weighted by Crippen LogP contribution is -2.70. The predicted molar refractivity (Wildman–Crippen MR) is 223 cm³/mol. The summed E-state index contributed by atoms with van der Waals surface area (Å²) in [5.74, 6) is 0.330. The van der Waals surface area contributed by atoms with Gasteiger partial charge in [0.15, 0.2) is 0 Å². The van der Waals surface area contributed by atoms with Crippen LogP contribution in [0, 0.1) is 23.7 Å². The second-order valence-corrected chi connectivity index (χ2v) is 15.9. The minimum absolute atomic E-state index is 0.0321. The van der Waals surface area contributed by atoms with Gasteiger partial charge in [-0.15, -0.1) is 6.58 Å². The van der Waals surface area contributed by atoms with E-state index in [0.29, 0.717) is 37.4 Å². The molecule has 0 bridgehead atoms. The number of fused-ring (bicyclic) bond motifs is 3. The highest BCUT2D eigenvalue weighted by molar-refractivity contribution is 6.03. The number of amides is 1. The molecule has 0 aromatic heterocycles. The van der Waals surface area contributed by atoms with Crippen LogP contribution in [-0.4, -0.2) is 96.5 Å². The van der Waals surface area contributed by atoms with Gasteiger partial charge in [0.25, 0.3) is 0 Å². The van der Waals surface area contributed by atoms with Gasteiger partial charge < -0.3 is 44.0 Å². The van der Waals surface area contributed by atoms with Gasteiger partial charge in [0.1, 0.15) is 29.9 Å². The van der Waals surface area contributed by atoms with E-state index in [4.69, 9.17) is 28.9 Å². The summed E-state index contributed by atoms with van der Waals surface area (Å²) in [4.78, 5) is 22.2. The molecular formula is C47H60N2O9. The van der Waals surface area contributed by atoms with E-state index < -0.39 is 17.7 Å². The number of unbranched alkanes of at least 4 members (excludes halogenated alkanes) is 2. The zero-order valence-electron chi connectivity index (χ0n) is 33.8. The average Bonchev–Trinajstić information content (AvgIpc) is 4.10. The van der Waals surface area contributed by atoms with Gasteiger partial charge in [-0.2, -0.15) is 0 Å². The Bertz CT molecular complexity index is 1930. The summed E-state index contributed by atoms with van der Waals surface area (Å²) < 4.78 is 26.8. The van der Waals surface area contributed by atoms with Crippen LogP contribution in [0.5, 0.6) is 17.2 Å². The number of allylic oxidation sites excluding steroid dienone is 1. The molecule has 0 saturated heterocycles. The lowest BCUT2D eigenvalue weighted by molar-refractivity contribution is -0.258. The maximum atomic E-state index is 14.5. The van der Waals surface area contributed by atoms with E-state index in [-0.39, 0.29) is 75.8 Å². The molecule has 2 fully saturated rings. The van der Waals surface area contributed by atoms with E-state index in [1.807, 2.05) is 48.2 Å². The minimum Gasteiger partial charge on any atom is -0.459 e. The van der Waals surface area contributed by atoms with Crippen molar-refractivity contribution in [1.82, 2.24) is 4.90 Å². The molecule has 3 aromatic carbocycles. The molecule has 3 aromatic rings. The number of carbonyl (C=O) groups is 1. The van der Waals surface area contributed by atoms with Crippen molar-refractivity contribution in [2.45, 2.75) is 82.5 Å². The highest BCUT2D eigenvalue weighted by Gasteiger charge is 2.65. The summed E-state index contributed by atoms with van der Waals surface area (Å²) >= 11 is 0. The molecule has 6 unspecified atom stereocenters. The van der Waals surface area contributed by atoms with E-state index >= 15 is 0 Å². The number of nitrogens with zero attached hydrogens (tertiary/aromatic N) is 2. The van der Waals surface area contributed by atoms with Gasteiger partial charge in [0, 0.05) is 43.6 Å². The molecule has 58 heavy (non-hydrogen) atoms. The van der Waals surface area contributed by atoms with Gasteiger partial charge >= 0.3 is 0 Å². The molecule has 312 valence electrons. The number of oxime groups is 1. The highest BCUT2D eigenvalue weighted by atomic mass is 16.7. The van der Waals surface area contributed by atoms with Gasteiger partial charge in [-0.1, -0.05) is 60.5 Å². The van der Waals surface area contributed by atoms with Crippen LogP contribution < -0.4 is 9.47 Å². The molecule has 1 amide bonds. The molecule has 2 saturated carbocycles. The number of aliphatic hydroxyl groups excluding tert-OH is 3. The molecule has 7 rings (SSSR count). The number of ether oxygens (including phenoxy) is 4. The lowest BCUT2D eigenvalue weighted by Gasteiger charge is -2.60. The van der Waals surface area contributed by atoms with Crippen LogP contribution in [0.2, 0.25) is 0 Å². The Labute approximate surface area is 342 Å². The summed E-state index contributed by atoms with van der Waals surface area (Å²) in [5, 5.41) is 36.3. The van der Waals surface area contributed by atoms with Crippen molar-refractivity contribution in [1.29, 1.82) is 0 Å². The van der Waals surface area contributed by atoms with Gasteiger partial charge in [0.2, 0.25) is 11.7 Å². The SMILES string of the molecule is C=CCOC12Oc3ccc(Oc4ccc5ccccc5c4)cc3C3C(CCCCO)C(CCCCO)C=C(C(=NOCC)CC1N(CCOCCO)C(=O)C1CC1)C32. The Morgan fingerprint density at radius 1 is 0.948 bits per heavy atom. The molecule has 1 heterocycles. The third-order valence-electron chi connectivity index (χ3n) is 12.2. The van der Waals surface area contributed by atoms with Gasteiger partial charge in [0.05, 0.1) is 38.1 Å². The van der Waals surface area contributed by atoms with E-state index in [2.05, 4.69) is 36.9 Å². The fourth-order valence-electron chi connectivity index (χ4n) is 9.54. The normalized spacial score (nSPS) is 25.3. The van der Waals surface area contributed by atoms with Gasteiger partial charge in [-0.05, 0) is 104 Å². The predicted octanol–water partition coefficient (Wildman–Crippen LogP) is 7.53. The fourth-order valence-corrected chi connectivity index (χ4v) is 9.54. The highest BCUT2D eigenvalue weighted by Crippen LogP contribution is 2.62. The van der Waals surface area contributed by atoms with E-state index in [9.17, 15) is 20.1 Å². The third-order valence-corrected chi connectivity index (χ3v) is 12.2. The lowest BCUT2D eigenvalue weighted by atomic mass is 9.55.